The van der Waals surface area contributed by atoms with E-state index in [0.717, 1.165) is 29.8 Å². The number of carbonyl (C=O) groups excluding carboxylic acids is 2. The molecule has 0 radical (unpaired) electrons. The number of aromatic nitrogens is 3. The summed E-state index contributed by atoms with van der Waals surface area (Å²) in [5.41, 5.74) is 0.957. The number of halogens is 4. The maximum absolute atomic E-state index is 12.7. The number of imidazole rings is 1. The van der Waals surface area contributed by atoms with E-state index in [0.29, 0.717) is 23.6 Å². The summed E-state index contributed by atoms with van der Waals surface area (Å²) >= 11 is 6.26. The van der Waals surface area contributed by atoms with Gasteiger partial charge < -0.3 is 10.1 Å². The lowest BCUT2D eigenvalue weighted by molar-refractivity contribution is -0.137. The molecule has 7 nitrogen and oxygen atoms in total. The largest absolute Gasteiger partial charge is 0.419 e. The van der Waals surface area contributed by atoms with Gasteiger partial charge in [-0.1, -0.05) is 30.7 Å². The van der Waals surface area contributed by atoms with Crippen LogP contribution in [0.5, 0.6) is 5.75 Å². The van der Waals surface area contributed by atoms with Gasteiger partial charge in [0.15, 0.2) is 10.8 Å². The normalized spacial score (nSPS) is 11.5. The van der Waals surface area contributed by atoms with Crippen LogP contribution in [0.1, 0.15) is 40.7 Å². The Labute approximate surface area is 202 Å². The molecule has 0 saturated carbocycles. The van der Waals surface area contributed by atoms with Crippen molar-refractivity contribution in [1.29, 1.82) is 0 Å². The van der Waals surface area contributed by atoms with Crippen molar-refractivity contribution in [3.63, 3.8) is 0 Å². The minimum Gasteiger partial charge on any atom is -0.419 e. The Balaban J connectivity index is 1.48. The third kappa shape index (κ3) is 5.43. The summed E-state index contributed by atoms with van der Waals surface area (Å²) in [6.45, 7) is 1.66. The summed E-state index contributed by atoms with van der Waals surface area (Å²) in [7, 11) is 0. The van der Waals surface area contributed by atoms with Crippen LogP contribution in [0.2, 0.25) is 5.15 Å². The zero-order chi connectivity index (χ0) is 25.2. The SMILES string of the molecule is CCC(=O)Oc1c(Cl)nc(Cc2ccc(NC(=O)c3ccc(C(F)(F)F)cc3)cc2)n2ccnc12. The third-order valence-corrected chi connectivity index (χ3v) is 5.35. The highest BCUT2D eigenvalue weighted by Crippen LogP contribution is 2.30. The van der Waals surface area contributed by atoms with Gasteiger partial charge in [-0.2, -0.15) is 13.2 Å². The maximum Gasteiger partial charge on any atom is 0.416 e. The molecule has 0 atom stereocenters. The van der Waals surface area contributed by atoms with E-state index < -0.39 is 23.6 Å². The quantitative estimate of drug-likeness (QED) is 0.275. The fraction of sp³-hybridized carbons (Fsp3) is 0.167. The number of alkyl halides is 3. The fourth-order valence-electron chi connectivity index (χ4n) is 3.29. The Morgan fingerprint density at radius 1 is 1.09 bits per heavy atom. The number of carbonyl (C=O) groups is 2. The highest BCUT2D eigenvalue weighted by Gasteiger charge is 2.30. The van der Waals surface area contributed by atoms with E-state index >= 15 is 0 Å². The number of amides is 1. The highest BCUT2D eigenvalue weighted by atomic mass is 35.5. The number of hydrogen-bond donors (Lipinski definition) is 1. The summed E-state index contributed by atoms with van der Waals surface area (Å²) in [5, 5.41) is 2.67. The van der Waals surface area contributed by atoms with Crippen LogP contribution >= 0.6 is 11.6 Å². The second kappa shape index (κ2) is 9.75. The highest BCUT2D eigenvalue weighted by molar-refractivity contribution is 6.31. The molecule has 2 heterocycles. The average Bonchev–Trinajstić information content (AvgIpc) is 3.32. The van der Waals surface area contributed by atoms with Gasteiger partial charge in [-0.15, -0.1) is 0 Å². The Morgan fingerprint density at radius 3 is 2.40 bits per heavy atom. The summed E-state index contributed by atoms with van der Waals surface area (Å²) in [6.07, 6.45) is -0.711. The molecule has 180 valence electrons. The average molecular weight is 503 g/mol. The van der Waals surface area contributed by atoms with Crippen LogP contribution in [-0.2, 0) is 17.4 Å². The van der Waals surface area contributed by atoms with Crippen LogP contribution in [0.25, 0.3) is 5.65 Å². The van der Waals surface area contributed by atoms with E-state index in [2.05, 4.69) is 15.3 Å². The molecule has 0 saturated heterocycles. The van der Waals surface area contributed by atoms with E-state index in [4.69, 9.17) is 16.3 Å². The number of rotatable bonds is 6. The molecule has 0 aliphatic carbocycles. The van der Waals surface area contributed by atoms with Crippen LogP contribution in [0.4, 0.5) is 18.9 Å². The molecule has 0 aliphatic heterocycles. The number of fused-ring (bicyclic) bond motifs is 1. The number of nitrogens with one attached hydrogen (secondary N) is 1. The van der Waals surface area contributed by atoms with Crippen molar-refractivity contribution >= 4 is 34.8 Å². The van der Waals surface area contributed by atoms with E-state index in [-0.39, 0.29) is 22.9 Å². The number of nitrogens with zero attached hydrogens (tertiary/aromatic N) is 3. The Hall–Kier alpha value is -3.92. The van der Waals surface area contributed by atoms with Gasteiger partial charge in [0.1, 0.15) is 5.82 Å². The van der Waals surface area contributed by atoms with Gasteiger partial charge in [-0.05, 0) is 42.0 Å². The molecule has 35 heavy (non-hydrogen) atoms. The smallest absolute Gasteiger partial charge is 0.416 e. The molecule has 0 unspecified atom stereocenters. The second-order valence-corrected chi connectivity index (χ2v) is 7.86. The molecule has 0 fully saturated rings. The van der Waals surface area contributed by atoms with Gasteiger partial charge in [-0.3, -0.25) is 14.0 Å². The molecule has 0 bridgehead atoms. The number of benzene rings is 2. The first-order valence-electron chi connectivity index (χ1n) is 10.5. The molecule has 4 rings (SSSR count). The predicted molar refractivity (Wildman–Crippen MR) is 123 cm³/mol. The van der Waals surface area contributed by atoms with Gasteiger partial charge in [0.2, 0.25) is 5.75 Å². The van der Waals surface area contributed by atoms with Gasteiger partial charge in [0.25, 0.3) is 5.91 Å². The second-order valence-electron chi connectivity index (χ2n) is 7.50. The van der Waals surface area contributed by atoms with Gasteiger partial charge in [0.05, 0.1) is 5.56 Å². The zero-order valence-electron chi connectivity index (χ0n) is 18.3. The number of ether oxygens (including phenoxy) is 1. The van der Waals surface area contributed by atoms with Crippen molar-refractivity contribution < 1.29 is 27.5 Å². The van der Waals surface area contributed by atoms with Gasteiger partial charge in [-0.25, -0.2) is 9.97 Å². The lowest BCUT2D eigenvalue weighted by Crippen LogP contribution is -2.13. The van der Waals surface area contributed by atoms with Crippen molar-refractivity contribution in [3.8, 4) is 5.75 Å². The summed E-state index contributed by atoms with van der Waals surface area (Å²) in [4.78, 5) is 32.6. The first-order valence-corrected chi connectivity index (χ1v) is 10.8. The van der Waals surface area contributed by atoms with Crippen molar-refractivity contribution in [2.45, 2.75) is 25.9 Å². The van der Waals surface area contributed by atoms with E-state index in [1.54, 1.807) is 48.0 Å². The minimum atomic E-state index is -4.47. The van der Waals surface area contributed by atoms with Gasteiger partial charge >= 0.3 is 12.1 Å². The van der Waals surface area contributed by atoms with Crippen molar-refractivity contribution in [3.05, 3.63) is 88.6 Å². The first-order chi connectivity index (χ1) is 16.7. The number of hydrogen-bond acceptors (Lipinski definition) is 5. The van der Waals surface area contributed by atoms with Crippen LogP contribution in [0, 0.1) is 0 Å². The zero-order valence-corrected chi connectivity index (χ0v) is 19.0. The van der Waals surface area contributed by atoms with E-state index in [1.165, 1.54) is 0 Å². The van der Waals surface area contributed by atoms with Crippen molar-refractivity contribution in [1.82, 2.24) is 14.4 Å². The molecule has 4 aromatic rings. The lowest BCUT2D eigenvalue weighted by Gasteiger charge is -2.11. The Morgan fingerprint density at radius 2 is 1.77 bits per heavy atom. The first kappa shape index (κ1) is 24.2. The minimum absolute atomic E-state index is 0.0147. The molecule has 1 N–H and O–H groups in total. The molecular formula is C24H18ClF3N4O3. The number of anilines is 1. The third-order valence-electron chi connectivity index (χ3n) is 5.09. The molecule has 1 amide bonds. The molecule has 0 spiro atoms. The standard InChI is InChI=1S/C24H18ClF3N4O3/c1-2-19(33)35-20-21(25)31-18(32-12-11-29-22(20)32)13-14-3-9-17(10-4-14)30-23(34)15-5-7-16(8-6-15)24(26,27)28/h3-12H,2,13H2,1H3,(H,30,34). The molecule has 2 aromatic carbocycles. The van der Waals surface area contributed by atoms with E-state index in [1.807, 2.05) is 0 Å². The maximum atomic E-state index is 12.7. The monoisotopic (exact) mass is 502 g/mol. The molecular weight excluding hydrogens is 485 g/mol. The Kier molecular flexibility index (Phi) is 6.74. The lowest BCUT2D eigenvalue weighted by atomic mass is 10.1. The number of esters is 1. The summed E-state index contributed by atoms with van der Waals surface area (Å²) in [6, 6.07) is 10.8. The molecule has 0 aliphatic rings. The van der Waals surface area contributed by atoms with E-state index in [9.17, 15) is 22.8 Å². The van der Waals surface area contributed by atoms with Crippen molar-refractivity contribution in [2.75, 3.05) is 5.32 Å². The Bertz CT molecular complexity index is 1380. The topological polar surface area (TPSA) is 85.6 Å². The predicted octanol–water partition coefficient (Wildman–Crippen LogP) is 5.56. The van der Waals surface area contributed by atoms with Crippen LogP contribution in [0.3, 0.4) is 0 Å². The van der Waals surface area contributed by atoms with Gasteiger partial charge in [0, 0.05) is 36.5 Å². The molecule has 2 aromatic heterocycles. The van der Waals surface area contributed by atoms with Crippen molar-refractivity contribution in [2.24, 2.45) is 0 Å². The summed E-state index contributed by atoms with van der Waals surface area (Å²) < 4.78 is 45.0. The summed E-state index contributed by atoms with van der Waals surface area (Å²) in [5.74, 6) is -0.341. The van der Waals surface area contributed by atoms with Crippen LogP contribution in [-0.4, -0.2) is 26.2 Å². The fourth-order valence-corrected chi connectivity index (χ4v) is 3.51. The van der Waals surface area contributed by atoms with Crippen LogP contribution < -0.4 is 10.1 Å². The van der Waals surface area contributed by atoms with Crippen LogP contribution in [0.15, 0.2) is 60.9 Å². The molecule has 11 heteroatoms.